The van der Waals surface area contributed by atoms with Crippen LogP contribution in [-0.2, 0) is 0 Å². The lowest BCUT2D eigenvalue weighted by atomic mass is 9.92. The Labute approximate surface area is 235 Å². The van der Waals surface area contributed by atoms with Crippen LogP contribution in [0, 0.1) is 0 Å². The first-order valence-electron chi connectivity index (χ1n) is 13.7. The fraction of sp³-hybridized carbons (Fsp3) is 0.111. The first-order chi connectivity index (χ1) is 19.7. The van der Waals surface area contributed by atoms with Crippen LogP contribution in [0.25, 0.3) is 0 Å². The van der Waals surface area contributed by atoms with Gasteiger partial charge in [-0.3, -0.25) is 9.80 Å². The molecule has 0 aliphatic carbocycles. The lowest BCUT2D eigenvalue weighted by molar-refractivity contribution is 0.255. The first-order valence-corrected chi connectivity index (χ1v) is 13.7. The lowest BCUT2D eigenvalue weighted by Gasteiger charge is -2.28. The number of benzene rings is 5. The van der Waals surface area contributed by atoms with Crippen LogP contribution in [0.4, 0.5) is 21.9 Å². The summed E-state index contributed by atoms with van der Waals surface area (Å²) >= 11 is 0. The van der Waals surface area contributed by atoms with E-state index in [2.05, 4.69) is 55.5 Å². The van der Waals surface area contributed by atoms with E-state index >= 15 is 0 Å². The maximum Gasteiger partial charge on any atom is 0.329 e. The SMILES string of the molecule is C[C@@H](c1ccc(N=C(c2ccccc2)c2ccccc2)cc1)[C@H]1CN(c2ccccc2)C(=O)N1c1ccccc1. The van der Waals surface area contributed by atoms with Gasteiger partial charge in [-0.2, -0.15) is 0 Å². The molecule has 1 aliphatic rings. The number of hydrogen-bond acceptors (Lipinski definition) is 2. The molecule has 0 N–H and O–H groups in total. The van der Waals surface area contributed by atoms with Gasteiger partial charge < -0.3 is 0 Å². The van der Waals surface area contributed by atoms with E-state index in [1.54, 1.807) is 0 Å². The second kappa shape index (κ2) is 11.4. The molecule has 4 heteroatoms. The fourth-order valence-electron chi connectivity index (χ4n) is 5.41. The zero-order chi connectivity index (χ0) is 27.3. The molecule has 0 saturated carbocycles. The molecule has 0 radical (unpaired) electrons. The number of nitrogens with zero attached hydrogens (tertiary/aromatic N) is 3. The van der Waals surface area contributed by atoms with Crippen molar-refractivity contribution in [2.24, 2.45) is 4.99 Å². The lowest BCUT2D eigenvalue weighted by Crippen LogP contribution is -2.37. The molecule has 4 nitrogen and oxygen atoms in total. The molecular formula is C36H31N3O. The van der Waals surface area contributed by atoms with Crippen molar-refractivity contribution < 1.29 is 4.79 Å². The third kappa shape index (κ3) is 5.16. The van der Waals surface area contributed by atoms with E-state index in [1.165, 1.54) is 5.56 Å². The van der Waals surface area contributed by atoms with E-state index in [1.807, 2.05) is 107 Å². The summed E-state index contributed by atoms with van der Waals surface area (Å²) in [7, 11) is 0. The minimum atomic E-state index is -0.0198. The minimum absolute atomic E-state index is 0.00540. The van der Waals surface area contributed by atoms with Gasteiger partial charge in [-0.15, -0.1) is 0 Å². The second-order valence-electron chi connectivity index (χ2n) is 10.1. The molecule has 0 bridgehead atoms. The monoisotopic (exact) mass is 521 g/mol. The number of aliphatic imine (C=N–C) groups is 1. The van der Waals surface area contributed by atoms with Gasteiger partial charge >= 0.3 is 6.03 Å². The van der Waals surface area contributed by atoms with Crippen LogP contribution in [0.2, 0.25) is 0 Å². The third-order valence-electron chi connectivity index (χ3n) is 7.57. The highest BCUT2D eigenvalue weighted by molar-refractivity contribution is 6.14. The Bertz CT molecular complexity index is 1540. The van der Waals surface area contributed by atoms with Gasteiger partial charge in [0.1, 0.15) is 0 Å². The van der Waals surface area contributed by atoms with Gasteiger partial charge in [0, 0.05) is 35.0 Å². The van der Waals surface area contributed by atoms with Gasteiger partial charge in [-0.05, 0) is 42.0 Å². The van der Waals surface area contributed by atoms with Gasteiger partial charge in [0.25, 0.3) is 0 Å². The van der Waals surface area contributed by atoms with Crippen molar-refractivity contribution >= 4 is 28.8 Å². The molecule has 40 heavy (non-hydrogen) atoms. The number of rotatable bonds is 7. The maximum atomic E-state index is 13.7. The van der Waals surface area contributed by atoms with Crippen LogP contribution in [0.15, 0.2) is 151 Å². The average molecular weight is 522 g/mol. The highest BCUT2D eigenvalue weighted by Gasteiger charge is 2.42. The predicted octanol–water partition coefficient (Wildman–Crippen LogP) is 8.47. The maximum absolute atomic E-state index is 13.7. The molecular weight excluding hydrogens is 490 g/mol. The van der Waals surface area contributed by atoms with Crippen molar-refractivity contribution in [3.8, 4) is 0 Å². The van der Waals surface area contributed by atoms with Crippen LogP contribution in [0.3, 0.4) is 0 Å². The minimum Gasteiger partial charge on any atom is -0.292 e. The summed E-state index contributed by atoms with van der Waals surface area (Å²) < 4.78 is 0. The number of anilines is 2. The topological polar surface area (TPSA) is 35.9 Å². The van der Waals surface area contributed by atoms with E-state index in [0.29, 0.717) is 6.54 Å². The smallest absolute Gasteiger partial charge is 0.292 e. The molecule has 1 heterocycles. The summed E-state index contributed by atoms with van der Waals surface area (Å²) in [5.41, 5.74) is 7.00. The van der Waals surface area contributed by atoms with Gasteiger partial charge in [-0.1, -0.05) is 116 Å². The fourth-order valence-corrected chi connectivity index (χ4v) is 5.41. The van der Waals surface area contributed by atoms with Crippen molar-refractivity contribution in [3.63, 3.8) is 0 Å². The number of hydrogen-bond donors (Lipinski definition) is 0. The Balaban J connectivity index is 1.31. The van der Waals surface area contributed by atoms with Crippen LogP contribution in [0.1, 0.15) is 29.5 Å². The Kier molecular flexibility index (Phi) is 7.23. The number of urea groups is 1. The molecule has 2 atom stereocenters. The van der Waals surface area contributed by atoms with E-state index in [-0.39, 0.29) is 18.0 Å². The molecule has 196 valence electrons. The van der Waals surface area contributed by atoms with Crippen LogP contribution in [-0.4, -0.2) is 24.3 Å². The summed E-state index contributed by atoms with van der Waals surface area (Å²) in [4.78, 5) is 22.6. The number of carbonyl (C=O) groups excluding carboxylic acids is 1. The second-order valence-corrected chi connectivity index (χ2v) is 10.1. The molecule has 0 unspecified atom stereocenters. The standard InChI is InChI=1S/C36H31N3O/c1-27(34-26-38(32-18-10-4-11-19-32)36(40)39(34)33-20-12-5-13-21-33)28-22-24-31(25-23-28)37-35(29-14-6-2-7-15-29)30-16-8-3-9-17-30/h2-25,27,34H,26H2,1H3/t27-,34+/m0/s1. The Morgan fingerprint density at radius 2 is 1.12 bits per heavy atom. The largest absolute Gasteiger partial charge is 0.329 e. The summed E-state index contributed by atoms with van der Waals surface area (Å²) in [6.45, 7) is 2.82. The summed E-state index contributed by atoms with van der Waals surface area (Å²) in [6.07, 6.45) is 0. The van der Waals surface area contributed by atoms with Crippen LogP contribution >= 0.6 is 0 Å². The van der Waals surface area contributed by atoms with Crippen molar-refractivity contribution in [2.75, 3.05) is 16.3 Å². The Hall–Kier alpha value is -4.96. The third-order valence-corrected chi connectivity index (χ3v) is 7.57. The quantitative estimate of drug-likeness (QED) is 0.198. The van der Waals surface area contributed by atoms with E-state index < -0.39 is 0 Å². The summed E-state index contributed by atoms with van der Waals surface area (Å²) in [6, 6.07) is 48.9. The normalized spacial score (nSPS) is 15.6. The van der Waals surface area contributed by atoms with E-state index in [0.717, 1.165) is 33.9 Å². The van der Waals surface area contributed by atoms with E-state index in [4.69, 9.17) is 4.99 Å². The van der Waals surface area contributed by atoms with Crippen LogP contribution < -0.4 is 9.80 Å². The Morgan fingerprint density at radius 3 is 1.65 bits per heavy atom. The Morgan fingerprint density at radius 1 is 0.650 bits per heavy atom. The van der Waals surface area contributed by atoms with E-state index in [9.17, 15) is 4.79 Å². The van der Waals surface area contributed by atoms with Gasteiger partial charge in [-0.25, -0.2) is 9.79 Å². The molecule has 1 aliphatic heterocycles. The molecule has 1 saturated heterocycles. The van der Waals surface area contributed by atoms with Crippen molar-refractivity contribution in [1.82, 2.24) is 0 Å². The predicted molar refractivity (Wildman–Crippen MR) is 165 cm³/mol. The van der Waals surface area contributed by atoms with Crippen LogP contribution in [0.5, 0.6) is 0 Å². The zero-order valence-corrected chi connectivity index (χ0v) is 22.5. The number of para-hydroxylation sites is 2. The van der Waals surface area contributed by atoms with Crippen molar-refractivity contribution in [3.05, 3.63) is 162 Å². The highest BCUT2D eigenvalue weighted by atomic mass is 16.2. The molecule has 1 fully saturated rings. The van der Waals surface area contributed by atoms with Gasteiger partial charge in [0.05, 0.1) is 17.4 Å². The molecule has 2 amide bonds. The molecule has 0 spiro atoms. The molecule has 6 rings (SSSR count). The molecule has 5 aromatic rings. The zero-order valence-electron chi connectivity index (χ0n) is 22.5. The number of carbonyl (C=O) groups is 1. The van der Waals surface area contributed by atoms with Gasteiger partial charge in [0.15, 0.2) is 0 Å². The van der Waals surface area contributed by atoms with Crippen molar-refractivity contribution in [1.29, 1.82) is 0 Å². The molecule has 5 aromatic carbocycles. The summed E-state index contributed by atoms with van der Waals surface area (Å²) in [5.74, 6) is 0.110. The van der Waals surface area contributed by atoms with Gasteiger partial charge in [0.2, 0.25) is 0 Å². The van der Waals surface area contributed by atoms with Crippen molar-refractivity contribution in [2.45, 2.75) is 18.9 Å². The summed E-state index contributed by atoms with van der Waals surface area (Å²) in [5, 5.41) is 0. The average Bonchev–Trinajstić information content (AvgIpc) is 3.38. The first kappa shape index (κ1) is 25.3. The molecule has 0 aromatic heterocycles. The highest BCUT2D eigenvalue weighted by Crippen LogP contribution is 2.36. The number of amides is 2.